The van der Waals surface area contributed by atoms with Gasteiger partial charge in [0.25, 0.3) is 0 Å². The summed E-state index contributed by atoms with van der Waals surface area (Å²) in [7, 11) is 0. The first-order chi connectivity index (χ1) is 8.98. The van der Waals surface area contributed by atoms with Crippen molar-refractivity contribution in [1.29, 1.82) is 0 Å². The molecule has 2 aliphatic rings. The molecule has 0 amide bonds. The zero-order chi connectivity index (χ0) is 14.0. The number of hydrogen-bond acceptors (Lipinski definition) is 3. The van der Waals surface area contributed by atoms with Gasteiger partial charge in [-0.1, -0.05) is 6.92 Å². The second kappa shape index (κ2) is 6.11. The molecule has 3 nitrogen and oxygen atoms in total. The molecule has 0 spiro atoms. The van der Waals surface area contributed by atoms with Gasteiger partial charge >= 0.3 is 0 Å². The SMILES string of the molecule is CC1CCC(C)N(C2(CN)CCN(C(C)C)CC2)C1. The second-order valence-corrected chi connectivity index (χ2v) is 7.24. The van der Waals surface area contributed by atoms with Gasteiger partial charge in [-0.3, -0.25) is 4.90 Å². The van der Waals surface area contributed by atoms with E-state index in [9.17, 15) is 0 Å². The van der Waals surface area contributed by atoms with Crippen molar-refractivity contribution in [1.82, 2.24) is 9.80 Å². The van der Waals surface area contributed by atoms with E-state index in [0.717, 1.165) is 12.5 Å². The van der Waals surface area contributed by atoms with E-state index < -0.39 is 0 Å². The van der Waals surface area contributed by atoms with E-state index in [0.29, 0.717) is 12.1 Å². The van der Waals surface area contributed by atoms with Crippen molar-refractivity contribution in [3.8, 4) is 0 Å². The molecule has 0 bridgehead atoms. The van der Waals surface area contributed by atoms with Crippen LogP contribution in [0.4, 0.5) is 0 Å². The second-order valence-electron chi connectivity index (χ2n) is 7.24. The summed E-state index contributed by atoms with van der Waals surface area (Å²) in [5, 5.41) is 0. The Bertz CT molecular complexity index is 282. The van der Waals surface area contributed by atoms with E-state index in [1.54, 1.807) is 0 Å². The van der Waals surface area contributed by atoms with Gasteiger partial charge in [-0.2, -0.15) is 0 Å². The number of nitrogens with zero attached hydrogens (tertiary/aromatic N) is 2. The first-order valence-electron chi connectivity index (χ1n) is 8.19. The van der Waals surface area contributed by atoms with Crippen molar-refractivity contribution < 1.29 is 0 Å². The highest BCUT2D eigenvalue weighted by Crippen LogP contribution is 2.35. The van der Waals surface area contributed by atoms with Crippen LogP contribution in [-0.4, -0.2) is 53.6 Å². The highest BCUT2D eigenvalue weighted by molar-refractivity contribution is 5.00. The Hall–Kier alpha value is -0.120. The van der Waals surface area contributed by atoms with Crippen LogP contribution in [0.1, 0.15) is 53.4 Å². The molecule has 2 aliphatic heterocycles. The van der Waals surface area contributed by atoms with Gasteiger partial charge < -0.3 is 10.6 Å². The summed E-state index contributed by atoms with van der Waals surface area (Å²) in [6.45, 7) is 13.9. The number of likely N-dealkylation sites (tertiary alicyclic amines) is 2. The van der Waals surface area contributed by atoms with Crippen LogP contribution in [0, 0.1) is 5.92 Å². The minimum absolute atomic E-state index is 0.277. The molecule has 2 saturated heterocycles. The van der Waals surface area contributed by atoms with Crippen molar-refractivity contribution in [3.05, 3.63) is 0 Å². The van der Waals surface area contributed by atoms with Crippen LogP contribution in [0.3, 0.4) is 0 Å². The van der Waals surface area contributed by atoms with E-state index in [4.69, 9.17) is 5.73 Å². The van der Waals surface area contributed by atoms with Gasteiger partial charge in [0.05, 0.1) is 0 Å². The fourth-order valence-electron chi connectivity index (χ4n) is 4.01. The summed E-state index contributed by atoms with van der Waals surface area (Å²) in [5.74, 6) is 0.836. The van der Waals surface area contributed by atoms with Gasteiger partial charge in [-0.05, 0) is 52.4 Å². The molecule has 0 aliphatic carbocycles. The number of hydrogen-bond donors (Lipinski definition) is 1. The third-order valence-corrected chi connectivity index (χ3v) is 5.57. The van der Waals surface area contributed by atoms with Gasteiger partial charge in [0.1, 0.15) is 0 Å². The minimum atomic E-state index is 0.277. The van der Waals surface area contributed by atoms with Crippen molar-refractivity contribution >= 4 is 0 Å². The summed E-state index contributed by atoms with van der Waals surface area (Å²) in [5.41, 5.74) is 6.52. The Morgan fingerprint density at radius 2 is 1.79 bits per heavy atom. The van der Waals surface area contributed by atoms with Crippen molar-refractivity contribution in [2.24, 2.45) is 11.7 Å². The lowest BCUT2D eigenvalue weighted by Gasteiger charge is -2.54. The van der Waals surface area contributed by atoms with Gasteiger partial charge in [0, 0.05) is 43.8 Å². The van der Waals surface area contributed by atoms with Crippen LogP contribution in [0.2, 0.25) is 0 Å². The minimum Gasteiger partial charge on any atom is -0.329 e. The van der Waals surface area contributed by atoms with Crippen molar-refractivity contribution in [2.75, 3.05) is 26.2 Å². The summed E-state index contributed by atoms with van der Waals surface area (Å²) in [4.78, 5) is 5.37. The smallest absolute Gasteiger partial charge is 0.0358 e. The maximum absolute atomic E-state index is 6.24. The molecule has 2 rings (SSSR count). The molecular weight excluding hydrogens is 234 g/mol. The molecule has 112 valence electrons. The third kappa shape index (κ3) is 3.14. The maximum Gasteiger partial charge on any atom is 0.0358 e. The summed E-state index contributed by atoms with van der Waals surface area (Å²) >= 11 is 0. The Morgan fingerprint density at radius 3 is 2.32 bits per heavy atom. The molecule has 2 fully saturated rings. The summed E-state index contributed by atoms with van der Waals surface area (Å²) in [6, 6.07) is 1.39. The predicted octanol–water partition coefficient (Wildman–Crippen LogP) is 2.31. The molecule has 2 heterocycles. The molecule has 0 aromatic heterocycles. The van der Waals surface area contributed by atoms with Crippen LogP contribution in [0.25, 0.3) is 0 Å². The average molecular weight is 267 g/mol. The standard InChI is InChI=1S/C16H33N3/c1-13(2)18-9-7-16(12-17,8-10-18)19-11-14(3)5-6-15(19)4/h13-15H,5-12,17H2,1-4H3. The quantitative estimate of drug-likeness (QED) is 0.852. The molecule has 0 aromatic carbocycles. The highest BCUT2D eigenvalue weighted by atomic mass is 15.3. The topological polar surface area (TPSA) is 32.5 Å². The molecule has 2 N–H and O–H groups in total. The number of nitrogens with two attached hydrogens (primary N) is 1. The monoisotopic (exact) mass is 267 g/mol. The molecule has 3 heteroatoms. The Kier molecular flexibility index (Phi) is 4.91. The lowest BCUT2D eigenvalue weighted by atomic mass is 9.80. The first-order valence-corrected chi connectivity index (χ1v) is 8.19. The molecule has 0 radical (unpaired) electrons. The third-order valence-electron chi connectivity index (χ3n) is 5.57. The van der Waals surface area contributed by atoms with Crippen molar-refractivity contribution in [3.63, 3.8) is 0 Å². The lowest BCUT2D eigenvalue weighted by molar-refractivity contribution is -0.0328. The normalized spacial score (nSPS) is 33.8. The van der Waals surface area contributed by atoms with Gasteiger partial charge in [-0.25, -0.2) is 0 Å². The number of piperidine rings is 2. The largest absolute Gasteiger partial charge is 0.329 e. The van der Waals surface area contributed by atoms with Crippen molar-refractivity contribution in [2.45, 2.75) is 71.0 Å². The van der Waals surface area contributed by atoms with E-state index in [1.165, 1.54) is 45.3 Å². The van der Waals surface area contributed by atoms with E-state index >= 15 is 0 Å². The van der Waals surface area contributed by atoms with E-state index in [-0.39, 0.29) is 5.54 Å². The van der Waals surface area contributed by atoms with E-state index in [2.05, 4.69) is 37.5 Å². The molecule has 2 unspecified atom stereocenters. The fraction of sp³-hybridized carbons (Fsp3) is 1.00. The zero-order valence-electron chi connectivity index (χ0n) is 13.4. The molecule has 0 aromatic rings. The predicted molar refractivity (Wildman–Crippen MR) is 82.3 cm³/mol. The molecule has 0 saturated carbocycles. The average Bonchev–Trinajstić information content (AvgIpc) is 2.41. The Morgan fingerprint density at radius 1 is 1.16 bits per heavy atom. The molecule has 19 heavy (non-hydrogen) atoms. The highest BCUT2D eigenvalue weighted by Gasteiger charge is 2.42. The fourth-order valence-corrected chi connectivity index (χ4v) is 4.01. The number of rotatable bonds is 3. The van der Waals surface area contributed by atoms with Crippen LogP contribution < -0.4 is 5.73 Å². The van der Waals surface area contributed by atoms with Crippen LogP contribution in [-0.2, 0) is 0 Å². The molecule has 2 atom stereocenters. The van der Waals surface area contributed by atoms with Gasteiger partial charge in [-0.15, -0.1) is 0 Å². The zero-order valence-corrected chi connectivity index (χ0v) is 13.4. The summed E-state index contributed by atoms with van der Waals surface area (Å²) < 4.78 is 0. The Balaban J connectivity index is 2.06. The van der Waals surface area contributed by atoms with E-state index in [1.807, 2.05) is 0 Å². The maximum atomic E-state index is 6.24. The van der Waals surface area contributed by atoms with Crippen LogP contribution >= 0.6 is 0 Å². The lowest BCUT2D eigenvalue weighted by Crippen LogP contribution is -2.64. The van der Waals surface area contributed by atoms with Crippen LogP contribution in [0.15, 0.2) is 0 Å². The first kappa shape index (κ1) is 15.3. The van der Waals surface area contributed by atoms with Gasteiger partial charge in [0.15, 0.2) is 0 Å². The Labute approximate surface area is 119 Å². The molecular formula is C16H33N3. The van der Waals surface area contributed by atoms with Crippen LogP contribution in [0.5, 0.6) is 0 Å². The van der Waals surface area contributed by atoms with Gasteiger partial charge in [0.2, 0.25) is 0 Å². The summed E-state index contributed by atoms with van der Waals surface area (Å²) in [6.07, 6.45) is 5.23.